The lowest BCUT2D eigenvalue weighted by molar-refractivity contribution is -0.114. The summed E-state index contributed by atoms with van der Waals surface area (Å²) < 4.78 is 11.3. The average molecular weight is 410 g/mol. The minimum atomic E-state index is -0.296. The Balaban J connectivity index is 1.54. The van der Waals surface area contributed by atoms with Crippen molar-refractivity contribution in [2.45, 2.75) is 13.0 Å². The molecule has 1 aliphatic rings. The molecule has 0 saturated carbocycles. The van der Waals surface area contributed by atoms with Gasteiger partial charge in [-0.05, 0) is 47.4 Å². The molecule has 1 amide bonds. The molecule has 3 aromatic rings. The molecule has 5 nitrogen and oxygen atoms in total. The van der Waals surface area contributed by atoms with Crippen molar-refractivity contribution >= 4 is 17.7 Å². The Bertz CT molecular complexity index is 1160. The van der Waals surface area contributed by atoms with Crippen LogP contribution in [0.25, 0.3) is 6.08 Å². The Kier molecular flexibility index (Phi) is 6.00. The van der Waals surface area contributed by atoms with Gasteiger partial charge in [-0.1, -0.05) is 54.6 Å². The standard InChI is InChI=1S/C26H22N2O3/c1-30-25-16-20(11-12-24(25)31-18-19-7-3-2-4-8-19)15-22(17-27)26(29)28-14-13-21-9-5-6-10-23(21)28/h2-12,15-16H,13-14,18H2,1H3. The normalized spacial score (nSPS) is 12.8. The average Bonchev–Trinajstić information content (AvgIpc) is 3.26. The van der Waals surface area contributed by atoms with Gasteiger partial charge in [0.25, 0.3) is 5.91 Å². The Hall–Kier alpha value is -4.04. The van der Waals surface area contributed by atoms with E-state index in [0.717, 1.165) is 23.2 Å². The van der Waals surface area contributed by atoms with Gasteiger partial charge in [0, 0.05) is 12.2 Å². The van der Waals surface area contributed by atoms with Crippen LogP contribution in [0.2, 0.25) is 0 Å². The Morgan fingerprint density at radius 2 is 1.84 bits per heavy atom. The first kappa shape index (κ1) is 20.2. The molecule has 5 heteroatoms. The number of carbonyl (C=O) groups is 1. The molecule has 0 aromatic heterocycles. The number of amides is 1. The van der Waals surface area contributed by atoms with Crippen molar-refractivity contribution in [1.82, 2.24) is 0 Å². The summed E-state index contributed by atoms with van der Waals surface area (Å²) in [6.45, 7) is 0.996. The van der Waals surface area contributed by atoms with Gasteiger partial charge < -0.3 is 14.4 Å². The maximum absolute atomic E-state index is 13.0. The van der Waals surface area contributed by atoms with Crippen LogP contribution < -0.4 is 14.4 Å². The fourth-order valence-electron chi connectivity index (χ4n) is 3.63. The number of hydrogen-bond acceptors (Lipinski definition) is 4. The van der Waals surface area contributed by atoms with Crippen LogP contribution in [0, 0.1) is 11.3 Å². The van der Waals surface area contributed by atoms with E-state index in [1.807, 2.05) is 60.7 Å². The number of rotatable bonds is 6. The Morgan fingerprint density at radius 1 is 1.06 bits per heavy atom. The van der Waals surface area contributed by atoms with Crippen molar-refractivity contribution < 1.29 is 14.3 Å². The molecule has 3 aromatic carbocycles. The van der Waals surface area contributed by atoms with Crippen molar-refractivity contribution in [2.75, 3.05) is 18.6 Å². The Labute approximate surface area is 181 Å². The molecule has 0 N–H and O–H groups in total. The van der Waals surface area contributed by atoms with Crippen molar-refractivity contribution in [3.05, 3.63) is 95.1 Å². The van der Waals surface area contributed by atoms with Crippen LogP contribution >= 0.6 is 0 Å². The fourth-order valence-corrected chi connectivity index (χ4v) is 3.63. The van der Waals surface area contributed by atoms with E-state index in [4.69, 9.17) is 9.47 Å². The van der Waals surface area contributed by atoms with Gasteiger partial charge in [0.15, 0.2) is 11.5 Å². The second-order valence-electron chi connectivity index (χ2n) is 7.19. The lowest BCUT2D eigenvalue weighted by Crippen LogP contribution is -2.29. The van der Waals surface area contributed by atoms with E-state index in [1.54, 1.807) is 30.2 Å². The molecule has 0 saturated heterocycles. The maximum Gasteiger partial charge on any atom is 0.268 e. The van der Waals surface area contributed by atoms with Crippen LogP contribution in [0.5, 0.6) is 11.5 Å². The lowest BCUT2D eigenvalue weighted by atomic mass is 10.1. The van der Waals surface area contributed by atoms with Crippen LogP contribution in [0.15, 0.2) is 78.4 Å². The first-order valence-electron chi connectivity index (χ1n) is 10.1. The molecule has 1 heterocycles. The number of para-hydroxylation sites is 1. The topological polar surface area (TPSA) is 62.6 Å². The third-order valence-corrected chi connectivity index (χ3v) is 5.22. The van der Waals surface area contributed by atoms with Gasteiger partial charge in [-0.15, -0.1) is 0 Å². The smallest absolute Gasteiger partial charge is 0.268 e. The van der Waals surface area contributed by atoms with Crippen LogP contribution in [0.4, 0.5) is 5.69 Å². The number of nitrogens with zero attached hydrogens (tertiary/aromatic N) is 2. The summed E-state index contributed by atoms with van der Waals surface area (Å²) in [6.07, 6.45) is 2.38. The first-order chi connectivity index (χ1) is 15.2. The quantitative estimate of drug-likeness (QED) is 0.434. The van der Waals surface area contributed by atoms with Crippen LogP contribution in [0.1, 0.15) is 16.7 Å². The highest BCUT2D eigenvalue weighted by Crippen LogP contribution is 2.31. The van der Waals surface area contributed by atoms with E-state index < -0.39 is 0 Å². The molecular weight excluding hydrogens is 388 g/mol. The molecule has 0 atom stereocenters. The zero-order chi connectivity index (χ0) is 21.6. The summed E-state index contributed by atoms with van der Waals surface area (Å²) in [5.41, 5.74) is 3.82. The highest BCUT2D eigenvalue weighted by atomic mass is 16.5. The molecule has 31 heavy (non-hydrogen) atoms. The molecule has 154 valence electrons. The Morgan fingerprint density at radius 3 is 2.61 bits per heavy atom. The summed E-state index contributed by atoms with van der Waals surface area (Å²) in [5, 5.41) is 9.64. The molecule has 1 aliphatic heterocycles. The lowest BCUT2D eigenvalue weighted by Gasteiger charge is -2.16. The van der Waals surface area contributed by atoms with E-state index in [-0.39, 0.29) is 11.5 Å². The largest absolute Gasteiger partial charge is 0.493 e. The SMILES string of the molecule is COc1cc(C=C(C#N)C(=O)N2CCc3ccccc32)ccc1OCc1ccccc1. The van der Waals surface area contributed by atoms with Crippen LogP contribution in [-0.2, 0) is 17.8 Å². The van der Waals surface area contributed by atoms with Crippen LogP contribution in [-0.4, -0.2) is 19.6 Å². The number of ether oxygens (including phenoxy) is 2. The molecular formula is C26H22N2O3. The monoisotopic (exact) mass is 410 g/mol. The van der Waals surface area contributed by atoms with Gasteiger partial charge in [-0.2, -0.15) is 5.26 Å². The van der Waals surface area contributed by atoms with E-state index in [0.29, 0.717) is 30.2 Å². The van der Waals surface area contributed by atoms with Gasteiger partial charge in [0.05, 0.1) is 7.11 Å². The summed E-state index contributed by atoms with van der Waals surface area (Å²) >= 11 is 0. The summed E-state index contributed by atoms with van der Waals surface area (Å²) in [7, 11) is 1.57. The number of benzene rings is 3. The van der Waals surface area contributed by atoms with E-state index in [2.05, 4.69) is 6.07 Å². The molecule has 0 radical (unpaired) electrons. The number of anilines is 1. The zero-order valence-corrected chi connectivity index (χ0v) is 17.2. The molecule has 0 fully saturated rings. The minimum Gasteiger partial charge on any atom is -0.493 e. The summed E-state index contributed by atoms with van der Waals surface area (Å²) in [5.74, 6) is 0.846. The van der Waals surface area contributed by atoms with Gasteiger partial charge in [-0.25, -0.2) is 0 Å². The molecule has 0 bridgehead atoms. The molecule has 0 aliphatic carbocycles. The van der Waals surface area contributed by atoms with Crippen molar-refractivity contribution in [3.8, 4) is 17.6 Å². The van der Waals surface area contributed by atoms with Crippen molar-refractivity contribution in [1.29, 1.82) is 5.26 Å². The summed E-state index contributed by atoms with van der Waals surface area (Å²) in [4.78, 5) is 14.7. The molecule has 0 spiro atoms. The van der Waals surface area contributed by atoms with Crippen molar-refractivity contribution in [3.63, 3.8) is 0 Å². The third-order valence-electron chi connectivity index (χ3n) is 5.22. The second-order valence-corrected chi connectivity index (χ2v) is 7.19. The summed E-state index contributed by atoms with van der Waals surface area (Å²) in [6, 6.07) is 25.1. The predicted molar refractivity (Wildman–Crippen MR) is 120 cm³/mol. The number of carbonyl (C=O) groups excluding carboxylic acids is 1. The van der Waals surface area contributed by atoms with Gasteiger partial charge in [0.1, 0.15) is 18.2 Å². The van der Waals surface area contributed by atoms with Crippen LogP contribution in [0.3, 0.4) is 0 Å². The first-order valence-corrected chi connectivity index (χ1v) is 10.1. The van der Waals surface area contributed by atoms with E-state index in [9.17, 15) is 10.1 Å². The number of hydrogen-bond donors (Lipinski definition) is 0. The third kappa shape index (κ3) is 4.44. The number of nitriles is 1. The van der Waals surface area contributed by atoms with Gasteiger partial charge in [-0.3, -0.25) is 4.79 Å². The van der Waals surface area contributed by atoms with Gasteiger partial charge >= 0.3 is 0 Å². The number of methoxy groups -OCH3 is 1. The molecule has 0 unspecified atom stereocenters. The number of fused-ring (bicyclic) bond motifs is 1. The zero-order valence-electron chi connectivity index (χ0n) is 17.2. The molecule has 4 rings (SSSR count). The second kappa shape index (κ2) is 9.19. The maximum atomic E-state index is 13.0. The van der Waals surface area contributed by atoms with Crippen molar-refractivity contribution in [2.24, 2.45) is 0 Å². The highest BCUT2D eigenvalue weighted by molar-refractivity contribution is 6.12. The van der Waals surface area contributed by atoms with Gasteiger partial charge in [0.2, 0.25) is 0 Å². The van der Waals surface area contributed by atoms with E-state index in [1.165, 1.54) is 0 Å². The predicted octanol–water partition coefficient (Wildman–Crippen LogP) is 4.77. The minimum absolute atomic E-state index is 0.0803. The highest BCUT2D eigenvalue weighted by Gasteiger charge is 2.26. The fraction of sp³-hybridized carbons (Fsp3) is 0.154. The van der Waals surface area contributed by atoms with E-state index >= 15 is 0 Å².